The van der Waals surface area contributed by atoms with Gasteiger partial charge in [-0.2, -0.15) is 11.3 Å². The second-order valence-corrected chi connectivity index (χ2v) is 5.15. The zero-order valence-electron chi connectivity index (χ0n) is 8.30. The van der Waals surface area contributed by atoms with Crippen molar-refractivity contribution in [1.82, 2.24) is 0 Å². The van der Waals surface area contributed by atoms with Crippen LogP contribution < -0.4 is 0 Å². The summed E-state index contributed by atoms with van der Waals surface area (Å²) in [5.41, 5.74) is 1.02. The Balaban J connectivity index is 2.51. The lowest BCUT2D eigenvalue weighted by Crippen LogP contribution is -2.19. The molecule has 0 saturated carbocycles. The van der Waals surface area contributed by atoms with Crippen molar-refractivity contribution in [3.8, 4) is 0 Å². The van der Waals surface area contributed by atoms with Crippen molar-refractivity contribution in [2.45, 2.75) is 13.3 Å². The largest absolute Gasteiger partial charge is 0.481 e. The summed E-state index contributed by atoms with van der Waals surface area (Å²) < 4.78 is 0. The predicted molar refractivity (Wildman–Crippen MR) is 62.3 cm³/mol. The lowest BCUT2D eigenvalue weighted by molar-refractivity contribution is -0.140. The fourth-order valence-electron chi connectivity index (χ4n) is 1.13. The number of hydrogen-bond donors (Lipinski definition) is 1. The van der Waals surface area contributed by atoms with Crippen LogP contribution in [-0.2, 0) is 16.0 Å². The summed E-state index contributed by atoms with van der Waals surface area (Å²) in [6, 6.07) is 1.92. The van der Waals surface area contributed by atoms with Gasteiger partial charge in [0.1, 0.15) is 0 Å². The second-order valence-electron chi connectivity index (χ2n) is 3.17. The fraction of sp³-hybridized carbons (Fsp3) is 0.400. The molecule has 0 radical (unpaired) electrons. The van der Waals surface area contributed by atoms with E-state index in [0.717, 1.165) is 17.3 Å². The van der Waals surface area contributed by atoms with Gasteiger partial charge in [-0.05, 0) is 28.8 Å². The number of rotatable bonds is 5. The van der Waals surface area contributed by atoms with Gasteiger partial charge in [-0.3, -0.25) is 9.59 Å². The van der Waals surface area contributed by atoms with E-state index in [4.69, 9.17) is 5.11 Å². The highest BCUT2D eigenvalue weighted by atomic mass is 32.2. The Bertz CT molecular complexity index is 332. The lowest BCUT2D eigenvalue weighted by Gasteiger charge is -2.09. The number of carbonyl (C=O) groups is 2. The summed E-state index contributed by atoms with van der Waals surface area (Å²) in [6.07, 6.45) is 0.499. The van der Waals surface area contributed by atoms with E-state index in [1.165, 1.54) is 6.92 Å². The molecule has 1 rings (SSSR count). The number of aliphatic carboxylic acids is 1. The van der Waals surface area contributed by atoms with E-state index in [1.807, 2.05) is 16.8 Å². The zero-order valence-corrected chi connectivity index (χ0v) is 9.94. The highest BCUT2D eigenvalue weighted by Gasteiger charge is 2.18. The molecule has 5 heteroatoms. The molecule has 0 saturated heterocycles. The van der Waals surface area contributed by atoms with E-state index < -0.39 is 11.9 Å². The van der Waals surface area contributed by atoms with E-state index in [1.54, 1.807) is 11.3 Å². The summed E-state index contributed by atoms with van der Waals surface area (Å²) >= 11 is 2.62. The molecule has 15 heavy (non-hydrogen) atoms. The first-order valence-electron chi connectivity index (χ1n) is 4.47. The highest BCUT2D eigenvalue weighted by molar-refractivity contribution is 8.13. The van der Waals surface area contributed by atoms with Crippen LogP contribution in [0.5, 0.6) is 0 Å². The number of thiophene rings is 1. The first kappa shape index (κ1) is 12.3. The molecular weight excluding hydrogens is 232 g/mol. The summed E-state index contributed by atoms with van der Waals surface area (Å²) in [7, 11) is 0. The quantitative estimate of drug-likeness (QED) is 0.863. The van der Waals surface area contributed by atoms with Crippen molar-refractivity contribution < 1.29 is 14.7 Å². The fourth-order valence-corrected chi connectivity index (χ4v) is 2.51. The molecule has 0 bridgehead atoms. The first-order valence-corrected chi connectivity index (χ1v) is 6.39. The number of carbonyl (C=O) groups excluding carboxylic acids is 1. The van der Waals surface area contributed by atoms with Gasteiger partial charge >= 0.3 is 5.97 Å². The zero-order chi connectivity index (χ0) is 11.3. The van der Waals surface area contributed by atoms with Crippen molar-refractivity contribution in [2.75, 3.05) is 5.75 Å². The van der Waals surface area contributed by atoms with E-state index in [0.29, 0.717) is 12.2 Å². The lowest BCUT2D eigenvalue weighted by atomic mass is 10.0. The summed E-state index contributed by atoms with van der Waals surface area (Å²) in [5.74, 6) is -0.969. The molecule has 1 heterocycles. The minimum atomic E-state index is -0.838. The molecule has 0 aliphatic rings. The van der Waals surface area contributed by atoms with E-state index >= 15 is 0 Å². The molecular formula is C10H12O3S2. The van der Waals surface area contributed by atoms with Crippen molar-refractivity contribution in [3.05, 3.63) is 22.4 Å². The van der Waals surface area contributed by atoms with Crippen molar-refractivity contribution in [1.29, 1.82) is 0 Å². The average Bonchev–Trinajstić information content (AvgIpc) is 2.63. The minimum Gasteiger partial charge on any atom is -0.481 e. The van der Waals surface area contributed by atoms with Crippen molar-refractivity contribution >= 4 is 34.2 Å². The number of hydrogen-bond acceptors (Lipinski definition) is 4. The summed E-state index contributed by atoms with van der Waals surface area (Å²) in [4.78, 5) is 21.7. The van der Waals surface area contributed by atoms with E-state index in [9.17, 15) is 9.59 Å². The highest BCUT2D eigenvalue weighted by Crippen LogP contribution is 2.17. The molecule has 0 aromatic carbocycles. The van der Waals surface area contributed by atoms with Gasteiger partial charge in [0.15, 0.2) is 5.12 Å². The molecule has 1 aromatic rings. The Hall–Kier alpha value is -0.810. The van der Waals surface area contributed by atoms with Crippen LogP contribution in [0.4, 0.5) is 0 Å². The van der Waals surface area contributed by atoms with Crippen LogP contribution in [0, 0.1) is 5.92 Å². The topological polar surface area (TPSA) is 54.4 Å². The maximum Gasteiger partial charge on any atom is 0.307 e. The third kappa shape index (κ3) is 4.48. The minimum absolute atomic E-state index is 0.0356. The van der Waals surface area contributed by atoms with Gasteiger partial charge < -0.3 is 5.11 Å². The molecule has 0 amide bonds. The van der Waals surface area contributed by atoms with Gasteiger partial charge in [0, 0.05) is 12.7 Å². The summed E-state index contributed by atoms with van der Waals surface area (Å²) in [5, 5.41) is 12.8. The molecule has 1 aromatic heterocycles. The van der Waals surface area contributed by atoms with Crippen LogP contribution in [0.1, 0.15) is 12.5 Å². The van der Waals surface area contributed by atoms with Crippen LogP contribution in [0.15, 0.2) is 16.8 Å². The Kier molecular flexibility index (Phi) is 4.84. The second kappa shape index (κ2) is 5.92. The van der Waals surface area contributed by atoms with Crippen molar-refractivity contribution in [2.24, 2.45) is 5.92 Å². The molecule has 1 N–H and O–H groups in total. The maximum atomic E-state index is 10.9. The standard InChI is InChI=1S/C10H12O3S2/c1-7(11)15-6-9(10(12)13)4-8-2-3-14-5-8/h2-3,5,9H,4,6H2,1H3,(H,12,13). The normalized spacial score (nSPS) is 12.3. The Morgan fingerprint density at radius 1 is 1.60 bits per heavy atom. The maximum absolute atomic E-state index is 10.9. The first-order chi connectivity index (χ1) is 7.09. The molecule has 0 aliphatic heterocycles. The number of carboxylic acid groups (broad SMARTS) is 1. The molecule has 0 fully saturated rings. The third-order valence-electron chi connectivity index (χ3n) is 1.90. The monoisotopic (exact) mass is 244 g/mol. The van der Waals surface area contributed by atoms with Gasteiger partial charge in [-0.25, -0.2) is 0 Å². The smallest absolute Gasteiger partial charge is 0.307 e. The molecule has 0 spiro atoms. The van der Waals surface area contributed by atoms with Crippen LogP contribution in [0.2, 0.25) is 0 Å². The molecule has 1 atom stereocenters. The van der Waals surface area contributed by atoms with E-state index in [2.05, 4.69) is 0 Å². The Morgan fingerprint density at radius 2 is 2.33 bits per heavy atom. The number of thioether (sulfide) groups is 1. The molecule has 0 aliphatic carbocycles. The third-order valence-corrected chi connectivity index (χ3v) is 3.61. The molecule has 3 nitrogen and oxygen atoms in total. The van der Waals surface area contributed by atoms with Gasteiger partial charge in [0.25, 0.3) is 0 Å². The Morgan fingerprint density at radius 3 is 2.80 bits per heavy atom. The van der Waals surface area contributed by atoms with Crippen LogP contribution in [0.25, 0.3) is 0 Å². The van der Waals surface area contributed by atoms with E-state index in [-0.39, 0.29) is 5.12 Å². The predicted octanol–water partition coefficient (Wildman–Crippen LogP) is 2.27. The molecule has 82 valence electrons. The van der Waals surface area contributed by atoms with Crippen LogP contribution in [-0.4, -0.2) is 21.9 Å². The Labute approximate surface area is 96.5 Å². The molecule has 1 unspecified atom stereocenters. The van der Waals surface area contributed by atoms with Crippen LogP contribution in [0.3, 0.4) is 0 Å². The van der Waals surface area contributed by atoms with Crippen molar-refractivity contribution in [3.63, 3.8) is 0 Å². The van der Waals surface area contributed by atoms with Gasteiger partial charge in [-0.1, -0.05) is 11.8 Å². The SMILES string of the molecule is CC(=O)SCC(Cc1ccsc1)C(=O)O. The summed E-state index contributed by atoms with van der Waals surface area (Å²) in [6.45, 7) is 1.45. The van der Waals surface area contributed by atoms with Gasteiger partial charge in [0.2, 0.25) is 0 Å². The van der Waals surface area contributed by atoms with Crippen LogP contribution >= 0.6 is 23.1 Å². The van der Waals surface area contributed by atoms with Gasteiger partial charge in [0.05, 0.1) is 5.92 Å². The van der Waals surface area contributed by atoms with Gasteiger partial charge in [-0.15, -0.1) is 0 Å². The average molecular weight is 244 g/mol. The number of carboxylic acids is 1.